The SMILES string of the molecule is CCC1CCC(CN)(C(C)(O)c2cccc(Cl)c2)C1. The molecule has 0 bridgehead atoms. The summed E-state index contributed by atoms with van der Waals surface area (Å²) in [6, 6.07) is 7.53. The highest BCUT2D eigenvalue weighted by molar-refractivity contribution is 6.30. The summed E-state index contributed by atoms with van der Waals surface area (Å²) < 4.78 is 0. The molecule has 0 radical (unpaired) electrons. The first-order chi connectivity index (χ1) is 8.95. The molecule has 1 aromatic rings. The van der Waals surface area contributed by atoms with E-state index in [1.165, 1.54) is 0 Å². The Morgan fingerprint density at radius 1 is 1.53 bits per heavy atom. The Hall–Kier alpha value is -0.570. The van der Waals surface area contributed by atoms with Gasteiger partial charge in [-0.1, -0.05) is 37.1 Å². The lowest BCUT2D eigenvalue weighted by atomic mass is 9.67. The predicted octanol–water partition coefficient (Wildman–Crippen LogP) is 3.70. The highest BCUT2D eigenvalue weighted by atomic mass is 35.5. The van der Waals surface area contributed by atoms with E-state index in [2.05, 4.69) is 6.92 Å². The number of hydrogen-bond acceptors (Lipinski definition) is 2. The van der Waals surface area contributed by atoms with Gasteiger partial charge in [0.05, 0.1) is 5.60 Å². The van der Waals surface area contributed by atoms with E-state index in [1.807, 2.05) is 31.2 Å². The predicted molar refractivity (Wildman–Crippen MR) is 80.1 cm³/mol. The number of benzene rings is 1. The Morgan fingerprint density at radius 3 is 2.79 bits per heavy atom. The van der Waals surface area contributed by atoms with Crippen LogP contribution < -0.4 is 5.73 Å². The third-order valence-electron chi connectivity index (χ3n) is 5.10. The van der Waals surface area contributed by atoms with Crippen LogP contribution in [0.4, 0.5) is 0 Å². The number of aliphatic hydroxyl groups is 1. The van der Waals surface area contributed by atoms with Crippen LogP contribution in [0.15, 0.2) is 24.3 Å². The first-order valence-electron chi connectivity index (χ1n) is 7.13. The van der Waals surface area contributed by atoms with Crippen molar-refractivity contribution >= 4 is 11.6 Å². The third-order valence-corrected chi connectivity index (χ3v) is 5.33. The lowest BCUT2D eigenvalue weighted by Crippen LogP contribution is -2.47. The Bertz CT molecular complexity index is 446. The van der Waals surface area contributed by atoms with Crippen molar-refractivity contribution in [1.82, 2.24) is 0 Å². The number of hydrogen-bond donors (Lipinski definition) is 2. The first-order valence-corrected chi connectivity index (χ1v) is 7.51. The largest absolute Gasteiger partial charge is 0.385 e. The molecule has 1 aromatic carbocycles. The van der Waals surface area contributed by atoms with Gasteiger partial charge in [0.15, 0.2) is 0 Å². The maximum atomic E-state index is 11.1. The molecular weight excluding hydrogens is 258 g/mol. The van der Waals surface area contributed by atoms with Crippen LogP contribution in [0, 0.1) is 11.3 Å². The number of halogens is 1. The van der Waals surface area contributed by atoms with Crippen molar-refractivity contribution in [3.63, 3.8) is 0 Å². The molecule has 106 valence electrons. The summed E-state index contributed by atoms with van der Waals surface area (Å²) >= 11 is 6.06. The fraction of sp³-hybridized carbons (Fsp3) is 0.625. The zero-order valence-corrected chi connectivity index (χ0v) is 12.6. The van der Waals surface area contributed by atoms with Crippen LogP contribution >= 0.6 is 11.6 Å². The van der Waals surface area contributed by atoms with Crippen molar-refractivity contribution in [2.45, 2.75) is 45.1 Å². The second kappa shape index (κ2) is 5.43. The molecule has 3 unspecified atom stereocenters. The molecule has 2 nitrogen and oxygen atoms in total. The molecule has 0 aromatic heterocycles. The van der Waals surface area contributed by atoms with Crippen molar-refractivity contribution in [2.24, 2.45) is 17.1 Å². The summed E-state index contributed by atoms with van der Waals surface area (Å²) in [5, 5.41) is 11.8. The molecule has 0 heterocycles. The summed E-state index contributed by atoms with van der Waals surface area (Å²) in [4.78, 5) is 0. The Balaban J connectivity index is 2.36. The van der Waals surface area contributed by atoms with Gasteiger partial charge in [0.1, 0.15) is 0 Å². The van der Waals surface area contributed by atoms with E-state index < -0.39 is 5.60 Å². The van der Waals surface area contributed by atoms with E-state index in [4.69, 9.17) is 17.3 Å². The molecule has 3 heteroatoms. The van der Waals surface area contributed by atoms with Crippen molar-refractivity contribution in [2.75, 3.05) is 6.54 Å². The van der Waals surface area contributed by atoms with E-state index in [1.54, 1.807) is 0 Å². The zero-order valence-electron chi connectivity index (χ0n) is 11.8. The fourth-order valence-corrected chi connectivity index (χ4v) is 3.70. The van der Waals surface area contributed by atoms with Crippen molar-refractivity contribution in [3.8, 4) is 0 Å². The topological polar surface area (TPSA) is 46.2 Å². The zero-order chi connectivity index (χ0) is 14.1. The maximum absolute atomic E-state index is 11.1. The third kappa shape index (κ3) is 2.54. The van der Waals surface area contributed by atoms with Crippen molar-refractivity contribution in [3.05, 3.63) is 34.9 Å². The second-order valence-corrected chi connectivity index (χ2v) is 6.52. The molecule has 1 saturated carbocycles. The van der Waals surface area contributed by atoms with E-state index >= 15 is 0 Å². The van der Waals surface area contributed by atoms with Gasteiger partial charge in [0, 0.05) is 17.0 Å². The number of nitrogens with two attached hydrogens (primary N) is 1. The summed E-state index contributed by atoms with van der Waals surface area (Å²) in [6.07, 6.45) is 4.30. The first kappa shape index (κ1) is 14.8. The molecule has 19 heavy (non-hydrogen) atoms. The van der Waals surface area contributed by atoms with Gasteiger partial charge in [-0.3, -0.25) is 0 Å². The standard InChI is InChI=1S/C16H24ClNO/c1-3-12-7-8-16(10-12,11-18)15(2,19)13-5-4-6-14(17)9-13/h4-6,9,12,19H,3,7-8,10-11,18H2,1-2H3. The monoisotopic (exact) mass is 281 g/mol. The van der Waals surface area contributed by atoms with Gasteiger partial charge >= 0.3 is 0 Å². The molecule has 1 fully saturated rings. The van der Waals surface area contributed by atoms with Crippen LogP contribution in [-0.2, 0) is 5.60 Å². The summed E-state index contributed by atoms with van der Waals surface area (Å²) in [5.74, 6) is 0.675. The van der Waals surface area contributed by atoms with Crippen LogP contribution in [0.3, 0.4) is 0 Å². The van der Waals surface area contributed by atoms with Crippen molar-refractivity contribution in [1.29, 1.82) is 0 Å². The summed E-state index contributed by atoms with van der Waals surface area (Å²) in [5.41, 5.74) is 5.79. The van der Waals surface area contributed by atoms with Gasteiger partial charge in [-0.15, -0.1) is 0 Å². The molecule has 0 aliphatic heterocycles. The molecule has 1 aliphatic rings. The van der Waals surface area contributed by atoms with E-state index in [0.717, 1.165) is 31.2 Å². The molecule has 0 amide bonds. The lowest BCUT2D eigenvalue weighted by molar-refractivity contribution is -0.0715. The van der Waals surface area contributed by atoms with E-state index in [-0.39, 0.29) is 5.41 Å². The Kier molecular flexibility index (Phi) is 4.24. The Morgan fingerprint density at radius 2 is 2.26 bits per heavy atom. The highest BCUT2D eigenvalue weighted by Crippen LogP contribution is 2.53. The van der Waals surface area contributed by atoms with Crippen LogP contribution in [-0.4, -0.2) is 11.7 Å². The van der Waals surface area contributed by atoms with E-state index in [0.29, 0.717) is 17.5 Å². The van der Waals surface area contributed by atoms with E-state index in [9.17, 15) is 5.11 Å². The highest BCUT2D eigenvalue weighted by Gasteiger charge is 2.51. The molecule has 3 N–H and O–H groups in total. The molecular formula is C16H24ClNO. The molecule has 3 atom stereocenters. The number of rotatable bonds is 4. The quantitative estimate of drug-likeness (QED) is 0.884. The van der Waals surface area contributed by atoms with Gasteiger partial charge < -0.3 is 10.8 Å². The molecule has 0 spiro atoms. The van der Waals surface area contributed by atoms with Crippen LogP contribution in [0.1, 0.15) is 45.1 Å². The minimum Gasteiger partial charge on any atom is -0.385 e. The van der Waals surface area contributed by atoms with Gasteiger partial charge in [-0.05, 0) is 49.8 Å². The van der Waals surface area contributed by atoms with Gasteiger partial charge in [0.2, 0.25) is 0 Å². The van der Waals surface area contributed by atoms with Gasteiger partial charge in [-0.25, -0.2) is 0 Å². The second-order valence-electron chi connectivity index (χ2n) is 6.08. The normalized spacial score (nSPS) is 30.3. The smallest absolute Gasteiger partial charge is 0.0937 e. The minimum atomic E-state index is -0.920. The molecule has 1 aliphatic carbocycles. The average Bonchev–Trinajstić information content (AvgIpc) is 2.84. The van der Waals surface area contributed by atoms with Gasteiger partial charge in [0.25, 0.3) is 0 Å². The summed E-state index contributed by atoms with van der Waals surface area (Å²) in [7, 11) is 0. The molecule has 2 rings (SSSR count). The fourth-order valence-electron chi connectivity index (χ4n) is 3.51. The minimum absolute atomic E-state index is 0.224. The van der Waals surface area contributed by atoms with Crippen LogP contribution in [0.5, 0.6) is 0 Å². The average molecular weight is 282 g/mol. The lowest BCUT2D eigenvalue weighted by Gasteiger charge is -2.43. The van der Waals surface area contributed by atoms with Crippen molar-refractivity contribution < 1.29 is 5.11 Å². The maximum Gasteiger partial charge on any atom is 0.0937 e. The van der Waals surface area contributed by atoms with Crippen LogP contribution in [0.25, 0.3) is 0 Å². The Labute approximate surface area is 121 Å². The molecule has 0 saturated heterocycles. The van der Waals surface area contributed by atoms with Crippen LogP contribution in [0.2, 0.25) is 5.02 Å². The van der Waals surface area contributed by atoms with Gasteiger partial charge in [-0.2, -0.15) is 0 Å². The summed E-state index contributed by atoms with van der Waals surface area (Å²) in [6.45, 7) is 4.62.